The number of ether oxygens (including phenoxy) is 1. The number of benzene rings is 1. The van der Waals surface area contributed by atoms with Gasteiger partial charge in [-0.25, -0.2) is 9.97 Å². The Hall–Kier alpha value is -2.46. The molecule has 0 saturated heterocycles. The molecule has 11 heteroatoms. The van der Waals surface area contributed by atoms with E-state index in [-0.39, 0.29) is 24.1 Å². The Labute approximate surface area is 179 Å². The molecule has 3 aromatic rings. The standard InChI is InChI=1S/C18H14Cl2N6O2S/c19-10-2-1-3-11(20)14(10)26-8-28-15-9(16(26)27)6-22-17(24-15)25-18-23-12-7-21-5-4-13(12)29-18/h1-3,6,21H,4-5,7-8H2,(H,22,23,24,25). The molecule has 29 heavy (non-hydrogen) atoms. The number of rotatable bonds is 3. The number of carbonyl (C=O) groups excluding carboxylic acids is 1. The van der Waals surface area contributed by atoms with Crippen LogP contribution in [0.5, 0.6) is 5.88 Å². The first-order valence-electron chi connectivity index (χ1n) is 8.82. The number of anilines is 3. The number of halogens is 2. The molecular weight excluding hydrogens is 435 g/mol. The zero-order valence-electron chi connectivity index (χ0n) is 14.9. The highest BCUT2D eigenvalue weighted by atomic mass is 35.5. The van der Waals surface area contributed by atoms with E-state index in [4.69, 9.17) is 27.9 Å². The van der Waals surface area contributed by atoms with E-state index < -0.39 is 0 Å². The second kappa shape index (κ2) is 7.42. The largest absolute Gasteiger partial charge is 0.455 e. The predicted molar refractivity (Wildman–Crippen MR) is 112 cm³/mol. The Bertz CT molecular complexity index is 1080. The van der Waals surface area contributed by atoms with E-state index in [2.05, 4.69) is 25.6 Å². The average molecular weight is 449 g/mol. The maximum Gasteiger partial charge on any atom is 0.268 e. The molecule has 0 fully saturated rings. The SMILES string of the molecule is O=C1c2cnc(Nc3nc4c(s3)CCNC4)nc2OCN1c1c(Cl)cccc1Cl. The maximum absolute atomic E-state index is 12.9. The normalized spacial score (nSPS) is 15.5. The van der Waals surface area contributed by atoms with Gasteiger partial charge in [-0.1, -0.05) is 29.3 Å². The second-order valence-electron chi connectivity index (χ2n) is 6.43. The Balaban J connectivity index is 1.40. The molecule has 2 aromatic heterocycles. The molecule has 0 radical (unpaired) electrons. The molecule has 2 aliphatic rings. The Kier molecular flexibility index (Phi) is 4.75. The smallest absolute Gasteiger partial charge is 0.268 e. The van der Waals surface area contributed by atoms with Gasteiger partial charge < -0.3 is 10.1 Å². The number of hydrogen-bond acceptors (Lipinski definition) is 8. The van der Waals surface area contributed by atoms with Crippen LogP contribution in [0.25, 0.3) is 0 Å². The van der Waals surface area contributed by atoms with E-state index in [1.165, 1.54) is 16.0 Å². The van der Waals surface area contributed by atoms with Crippen LogP contribution in [-0.2, 0) is 13.0 Å². The Morgan fingerprint density at radius 3 is 2.86 bits per heavy atom. The van der Waals surface area contributed by atoms with E-state index >= 15 is 0 Å². The highest BCUT2D eigenvalue weighted by molar-refractivity contribution is 7.15. The van der Waals surface area contributed by atoms with E-state index in [0.717, 1.165) is 25.2 Å². The van der Waals surface area contributed by atoms with Gasteiger partial charge in [-0.05, 0) is 18.6 Å². The van der Waals surface area contributed by atoms with Crippen molar-refractivity contribution in [3.8, 4) is 5.88 Å². The number of hydrogen-bond donors (Lipinski definition) is 2. The molecular formula is C18H14Cl2N6O2S. The zero-order chi connectivity index (χ0) is 20.0. The molecule has 4 heterocycles. The van der Waals surface area contributed by atoms with Gasteiger partial charge in [0.05, 0.1) is 21.4 Å². The number of thiazole rings is 1. The fourth-order valence-corrected chi connectivity index (χ4v) is 4.77. The van der Waals surface area contributed by atoms with Crippen LogP contribution in [0.1, 0.15) is 20.9 Å². The first-order valence-corrected chi connectivity index (χ1v) is 10.4. The van der Waals surface area contributed by atoms with Crippen molar-refractivity contribution in [3.63, 3.8) is 0 Å². The molecule has 0 bridgehead atoms. The molecule has 0 spiro atoms. The summed E-state index contributed by atoms with van der Waals surface area (Å²) in [6, 6.07) is 5.04. The van der Waals surface area contributed by atoms with Gasteiger partial charge in [0, 0.05) is 24.2 Å². The van der Waals surface area contributed by atoms with Crippen molar-refractivity contribution in [3.05, 3.63) is 50.6 Å². The third-order valence-corrected chi connectivity index (χ3v) is 6.27. The molecule has 0 aliphatic carbocycles. The summed E-state index contributed by atoms with van der Waals surface area (Å²) in [5, 5.41) is 7.83. The fraction of sp³-hybridized carbons (Fsp3) is 0.222. The summed E-state index contributed by atoms with van der Waals surface area (Å²) in [5.41, 5.74) is 1.68. The van der Waals surface area contributed by atoms with E-state index in [1.807, 2.05) is 0 Å². The van der Waals surface area contributed by atoms with Crippen LogP contribution in [0.3, 0.4) is 0 Å². The van der Waals surface area contributed by atoms with Crippen molar-refractivity contribution in [2.24, 2.45) is 0 Å². The summed E-state index contributed by atoms with van der Waals surface area (Å²) in [5.74, 6) is 0.193. The predicted octanol–water partition coefficient (Wildman–Crippen LogP) is 3.63. The zero-order valence-corrected chi connectivity index (χ0v) is 17.2. The monoisotopic (exact) mass is 448 g/mol. The third kappa shape index (κ3) is 3.40. The van der Waals surface area contributed by atoms with Gasteiger partial charge in [-0.2, -0.15) is 4.98 Å². The Morgan fingerprint density at radius 1 is 1.24 bits per heavy atom. The van der Waals surface area contributed by atoms with Crippen LogP contribution in [0.2, 0.25) is 10.0 Å². The summed E-state index contributed by atoms with van der Waals surface area (Å²) in [4.78, 5) is 28.7. The van der Waals surface area contributed by atoms with Crippen molar-refractivity contribution < 1.29 is 9.53 Å². The van der Waals surface area contributed by atoms with Gasteiger partial charge in [0.2, 0.25) is 11.8 Å². The first-order chi connectivity index (χ1) is 14.1. The van der Waals surface area contributed by atoms with Crippen LogP contribution >= 0.6 is 34.5 Å². The number of fused-ring (bicyclic) bond motifs is 2. The first kappa shape index (κ1) is 18.6. The van der Waals surface area contributed by atoms with Crippen LogP contribution in [0, 0.1) is 0 Å². The number of carbonyl (C=O) groups is 1. The summed E-state index contributed by atoms with van der Waals surface area (Å²) in [6.45, 7) is 1.66. The molecule has 148 valence electrons. The fourth-order valence-electron chi connectivity index (χ4n) is 3.20. The molecule has 0 saturated carbocycles. The summed E-state index contributed by atoms with van der Waals surface area (Å²) in [6.07, 6.45) is 2.39. The van der Waals surface area contributed by atoms with Crippen molar-refractivity contribution in [2.45, 2.75) is 13.0 Å². The molecule has 0 unspecified atom stereocenters. The van der Waals surface area contributed by atoms with Crippen LogP contribution in [0.15, 0.2) is 24.4 Å². The maximum atomic E-state index is 12.9. The van der Waals surface area contributed by atoms with Crippen molar-refractivity contribution >= 4 is 57.2 Å². The van der Waals surface area contributed by atoms with Gasteiger partial charge in [-0.3, -0.25) is 15.0 Å². The number of nitrogens with zero attached hydrogens (tertiary/aromatic N) is 4. The topological polar surface area (TPSA) is 92.3 Å². The number of aromatic nitrogens is 3. The van der Waals surface area contributed by atoms with E-state index in [9.17, 15) is 4.79 Å². The van der Waals surface area contributed by atoms with Gasteiger partial charge in [0.1, 0.15) is 5.56 Å². The lowest BCUT2D eigenvalue weighted by atomic mass is 10.2. The minimum Gasteiger partial charge on any atom is -0.455 e. The molecule has 0 atom stereocenters. The highest BCUT2D eigenvalue weighted by Crippen LogP contribution is 2.37. The van der Waals surface area contributed by atoms with Crippen LogP contribution in [0.4, 0.5) is 16.8 Å². The van der Waals surface area contributed by atoms with Crippen molar-refractivity contribution in [1.82, 2.24) is 20.3 Å². The lowest BCUT2D eigenvalue weighted by Gasteiger charge is -2.29. The average Bonchev–Trinajstić information content (AvgIpc) is 3.11. The highest BCUT2D eigenvalue weighted by Gasteiger charge is 2.31. The second-order valence-corrected chi connectivity index (χ2v) is 8.33. The molecule has 1 aromatic carbocycles. The molecule has 2 N–H and O–H groups in total. The summed E-state index contributed by atoms with van der Waals surface area (Å²) in [7, 11) is 0. The van der Waals surface area contributed by atoms with Crippen LogP contribution < -0.4 is 20.3 Å². The lowest BCUT2D eigenvalue weighted by Crippen LogP contribution is -2.39. The Morgan fingerprint density at radius 2 is 2.07 bits per heavy atom. The van der Waals surface area contributed by atoms with E-state index in [1.54, 1.807) is 29.5 Å². The minimum atomic E-state index is -0.330. The molecule has 5 rings (SSSR count). The summed E-state index contributed by atoms with van der Waals surface area (Å²) >= 11 is 14.0. The summed E-state index contributed by atoms with van der Waals surface area (Å²) < 4.78 is 5.70. The quantitative estimate of drug-likeness (QED) is 0.631. The van der Waals surface area contributed by atoms with Gasteiger partial charge in [0.25, 0.3) is 5.91 Å². The van der Waals surface area contributed by atoms with Gasteiger partial charge in [-0.15, -0.1) is 11.3 Å². The van der Waals surface area contributed by atoms with Gasteiger partial charge >= 0.3 is 0 Å². The minimum absolute atomic E-state index is 0.0526. The number of para-hydroxylation sites is 1. The van der Waals surface area contributed by atoms with Gasteiger partial charge in [0.15, 0.2) is 11.9 Å². The third-order valence-electron chi connectivity index (χ3n) is 4.59. The number of amides is 1. The van der Waals surface area contributed by atoms with Crippen molar-refractivity contribution in [1.29, 1.82) is 0 Å². The lowest BCUT2D eigenvalue weighted by molar-refractivity contribution is 0.0932. The molecule has 1 amide bonds. The van der Waals surface area contributed by atoms with Crippen molar-refractivity contribution in [2.75, 3.05) is 23.5 Å². The number of nitrogens with one attached hydrogen (secondary N) is 2. The van der Waals surface area contributed by atoms with Crippen LogP contribution in [-0.4, -0.2) is 34.1 Å². The molecule has 8 nitrogen and oxygen atoms in total. The molecule has 2 aliphatic heterocycles. The van der Waals surface area contributed by atoms with E-state index in [0.29, 0.717) is 26.8 Å².